The van der Waals surface area contributed by atoms with Gasteiger partial charge in [0.2, 0.25) is 6.41 Å². The second-order valence-electron chi connectivity index (χ2n) is 3.41. The van der Waals surface area contributed by atoms with E-state index < -0.39 is 12.0 Å². The maximum Gasteiger partial charge on any atom is 0.327 e. The summed E-state index contributed by atoms with van der Waals surface area (Å²) in [6.07, 6.45) is 0.429. The fourth-order valence-corrected chi connectivity index (χ4v) is 3.24. The summed E-state index contributed by atoms with van der Waals surface area (Å²) in [5.74, 6) is 1.17. The third-order valence-corrected chi connectivity index (χ3v) is 4.43. The van der Waals surface area contributed by atoms with Gasteiger partial charge in [-0.15, -0.1) is 11.8 Å². The number of rotatable bonds is 9. The smallest absolute Gasteiger partial charge is 0.327 e. The Bertz CT molecular complexity index is 373. The molecule has 0 aliphatic rings. The van der Waals surface area contributed by atoms with E-state index in [2.05, 4.69) is 5.32 Å². The Balaban J connectivity index is 2.14. The zero-order valence-corrected chi connectivity index (χ0v) is 11.4. The lowest BCUT2D eigenvalue weighted by atomic mass is 10.3. The number of thioether (sulfide) groups is 2. The van der Waals surface area contributed by atoms with Gasteiger partial charge in [-0.2, -0.15) is 11.8 Å². The Kier molecular flexibility index (Phi) is 7.36. The van der Waals surface area contributed by atoms with Gasteiger partial charge in [0.05, 0.1) is 0 Å². The second kappa shape index (κ2) is 8.88. The van der Waals surface area contributed by atoms with Crippen LogP contribution >= 0.6 is 23.5 Å². The average Bonchev–Trinajstić information content (AvgIpc) is 2.38. The lowest BCUT2D eigenvalue weighted by Gasteiger charge is -2.10. The van der Waals surface area contributed by atoms with E-state index in [-0.39, 0.29) is 0 Å². The number of carbonyl (C=O) groups excluding carboxylic acids is 1. The van der Waals surface area contributed by atoms with E-state index in [1.54, 1.807) is 11.8 Å². The van der Waals surface area contributed by atoms with Gasteiger partial charge in [0.25, 0.3) is 0 Å². The molecule has 18 heavy (non-hydrogen) atoms. The van der Waals surface area contributed by atoms with Crippen molar-refractivity contribution in [3.8, 4) is 0 Å². The summed E-state index contributed by atoms with van der Waals surface area (Å²) in [7, 11) is 0. The normalized spacial score (nSPS) is 11.8. The number of carboxylic acid groups (broad SMARTS) is 1. The van der Waals surface area contributed by atoms with Gasteiger partial charge >= 0.3 is 5.97 Å². The van der Waals surface area contributed by atoms with E-state index in [1.165, 1.54) is 16.7 Å². The van der Waals surface area contributed by atoms with Crippen LogP contribution in [-0.2, 0) is 9.59 Å². The largest absolute Gasteiger partial charge is 0.480 e. The molecule has 1 aromatic carbocycles. The molecule has 4 nitrogen and oxygen atoms in total. The van der Waals surface area contributed by atoms with Crippen molar-refractivity contribution in [3.05, 3.63) is 30.3 Å². The quantitative estimate of drug-likeness (QED) is 0.411. The molecule has 1 atom stereocenters. The number of nitrogens with one attached hydrogen (secondary N) is 1. The van der Waals surface area contributed by atoms with Crippen LogP contribution in [0.3, 0.4) is 0 Å². The fraction of sp³-hybridized carbons (Fsp3) is 0.333. The third-order valence-electron chi connectivity index (χ3n) is 2.09. The van der Waals surface area contributed by atoms with E-state index in [0.717, 1.165) is 11.5 Å². The van der Waals surface area contributed by atoms with Crippen LogP contribution in [0.25, 0.3) is 0 Å². The first kappa shape index (κ1) is 14.9. The summed E-state index contributed by atoms with van der Waals surface area (Å²) >= 11 is 3.26. The van der Waals surface area contributed by atoms with Crippen molar-refractivity contribution in [2.45, 2.75) is 10.9 Å². The Hall–Kier alpha value is -1.14. The molecule has 1 rings (SSSR count). The van der Waals surface area contributed by atoms with Gasteiger partial charge in [-0.05, 0) is 12.1 Å². The number of hydrogen-bond acceptors (Lipinski definition) is 4. The Morgan fingerprint density at radius 2 is 2.06 bits per heavy atom. The highest BCUT2D eigenvalue weighted by Gasteiger charge is 2.15. The summed E-state index contributed by atoms with van der Waals surface area (Å²) in [4.78, 5) is 22.1. The molecule has 0 saturated carbocycles. The van der Waals surface area contributed by atoms with E-state index >= 15 is 0 Å². The minimum atomic E-state index is -0.995. The molecule has 0 heterocycles. The molecule has 1 amide bonds. The molecule has 0 aliphatic carbocycles. The summed E-state index contributed by atoms with van der Waals surface area (Å²) in [6.45, 7) is 0. The Morgan fingerprint density at radius 1 is 1.33 bits per heavy atom. The van der Waals surface area contributed by atoms with Crippen molar-refractivity contribution < 1.29 is 14.7 Å². The van der Waals surface area contributed by atoms with Crippen molar-refractivity contribution >= 4 is 35.9 Å². The minimum Gasteiger partial charge on any atom is -0.480 e. The fourth-order valence-electron chi connectivity index (χ4n) is 1.21. The highest BCUT2D eigenvalue weighted by atomic mass is 32.2. The lowest BCUT2D eigenvalue weighted by Crippen LogP contribution is -2.37. The van der Waals surface area contributed by atoms with Crippen LogP contribution in [0.4, 0.5) is 0 Å². The molecule has 0 radical (unpaired) electrons. The first-order valence-electron chi connectivity index (χ1n) is 5.42. The first-order valence-corrected chi connectivity index (χ1v) is 7.56. The van der Waals surface area contributed by atoms with Crippen molar-refractivity contribution in [2.75, 3.05) is 17.3 Å². The van der Waals surface area contributed by atoms with E-state index in [0.29, 0.717) is 12.2 Å². The SMILES string of the molecule is O=CNC(CSCCSc1ccccc1)C(=O)O. The lowest BCUT2D eigenvalue weighted by molar-refractivity contribution is -0.139. The zero-order chi connectivity index (χ0) is 13.2. The molecule has 1 unspecified atom stereocenters. The van der Waals surface area contributed by atoms with E-state index in [1.807, 2.05) is 30.3 Å². The molecule has 1 aromatic rings. The van der Waals surface area contributed by atoms with Crippen LogP contribution in [0.15, 0.2) is 35.2 Å². The standard InChI is InChI=1S/C12H15NO3S2/c14-9-13-11(12(15)16)8-17-6-7-18-10-4-2-1-3-5-10/h1-5,9,11H,6-8H2,(H,13,14)(H,15,16). The molecule has 0 saturated heterocycles. The van der Waals surface area contributed by atoms with Crippen LogP contribution in [0, 0.1) is 0 Å². The monoisotopic (exact) mass is 285 g/mol. The van der Waals surface area contributed by atoms with Crippen LogP contribution in [0.1, 0.15) is 0 Å². The molecule has 0 bridgehead atoms. The zero-order valence-electron chi connectivity index (χ0n) is 9.74. The molecule has 6 heteroatoms. The highest BCUT2D eigenvalue weighted by Crippen LogP contribution is 2.18. The minimum absolute atomic E-state index is 0.392. The van der Waals surface area contributed by atoms with E-state index in [9.17, 15) is 9.59 Å². The summed E-state index contributed by atoms with van der Waals surface area (Å²) in [6, 6.07) is 9.25. The van der Waals surface area contributed by atoms with Crippen LogP contribution in [0.5, 0.6) is 0 Å². The number of hydrogen-bond donors (Lipinski definition) is 2. The molecule has 0 aliphatic heterocycles. The predicted octanol–water partition coefficient (Wildman–Crippen LogP) is 1.71. The topological polar surface area (TPSA) is 66.4 Å². The van der Waals surface area contributed by atoms with Gasteiger partial charge < -0.3 is 10.4 Å². The molecule has 0 fully saturated rings. The molecular formula is C12H15NO3S2. The van der Waals surface area contributed by atoms with Gasteiger partial charge in [-0.1, -0.05) is 18.2 Å². The van der Waals surface area contributed by atoms with Gasteiger partial charge in [0.15, 0.2) is 0 Å². The molecule has 0 spiro atoms. The van der Waals surface area contributed by atoms with Crippen LogP contribution in [-0.4, -0.2) is 40.8 Å². The van der Waals surface area contributed by atoms with Crippen molar-refractivity contribution in [1.82, 2.24) is 5.32 Å². The maximum absolute atomic E-state index is 10.7. The average molecular weight is 285 g/mol. The second-order valence-corrected chi connectivity index (χ2v) is 5.73. The number of benzene rings is 1. The van der Waals surface area contributed by atoms with Gasteiger partial charge in [0, 0.05) is 22.2 Å². The van der Waals surface area contributed by atoms with Gasteiger partial charge in [-0.25, -0.2) is 4.79 Å². The molecule has 2 N–H and O–H groups in total. The maximum atomic E-state index is 10.7. The van der Waals surface area contributed by atoms with Crippen molar-refractivity contribution in [1.29, 1.82) is 0 Å². The highest BCUT2D eigenvalue weighted by molar-refractivity contribution is 8.03. The van der Waals surface area contributed by atoms with Gasteiger partial charge in [0.1, 0.15) is 6.04 Å². The summed E-state index contributed by atoms with van der Waals surface area (Å²) < 4.78 is 0. The molecule has 0 aromatic heterocycles. The number of carbonyl (C=O) groups is 2. The number of aliphatic carboxylic acids is 1. The van der Waals surface area contributed by atoms with Crippen molar-refractivity contribution in [2.24, 2.45) is 0 Å². The third kappa shape index (κ3) is 5.97. The van der Waals surface area contributed by atoms with Crippen LogP contribution in [0.2, 0.25) is 0 Å². The van der Waals surface area contributed by atoms with Crippen molar-refractivity contribution in [3.63, 3.8) is 0 Å². The van der Waals surface area contributed by atoms with E-state index in [4.69, 9.17) is 5.11 Å². The first-order chi connectivity index (χ1) is 8.74. The predicted molar refractivity (Wildman–Crippen MR) is 75.1 cm³/mol. The summed E-state index contributed by atoms with van der Waals surface area (Å²) in [5.41, 5.74) is 0. The van der Waals surface area contributed by atoms with Gasteiger partial charge in [-0.3, -0.25) is 4.79 Å². The Morgan fingerprint density at radius 3 is 2.67 bits per heavy atom. The molecule has 98 valence electrons. The molecular weight excluding hydrogens is 270 g/mol. The Labute approximate surface area is 115 Å². The van der Waals surface area contributed by atoms with Crippen LogP contribution < -0.4 is 5.32 Å². The number of carboxylic acids is 1. The summed E-state index contributed by atoms with van der Waals surface area (Å²) in [5, 5.41) is 11.1. The number of amides is 1.